The van der Waals surface area contributed by atoms with Crippen molar-refractivity contribution in [1.29, 1.82) is 0 Å². The molecule has 6 nitrogen and oxygen atoms in total. The summed E-state index contributed by atoms with van der Waals surface area (Å²) in [6, 6.07) is 2.25. The second-order valence-electron chi connectivity index (χ2n) is 9.82. The van der Waals surface area contributed by atoms with E-state index in [1.807, 2.05) is 6.07 Å². The monoisotopic (exact) mass is 443 g/mol. The first-order chi connectivity index (χ1) is 15.5. The van der Waals surface area contributed by atoms with Gasteiger partial charge in [-0.2, -0.15) is 0 Å². The van der Waals surface area contributed by atoms with Gasteiger partial charge in [0.25, 0.3) is 0 Å². The maximum atomic E-state index is 12.5. The largest absolute Gasteiger partial charge is 0.504 e. The summed E-state index contributed by atoms with van der Waals surface area (Å²) < 4.78 is 10.4. The van der Waals surface area contributed by atoms with E-state index in [0.29, 0.717) is 37.0 Å². The summed E-state index contributed by atoms with van der Waals surface area (Å²) in [6.45, 7) is 4.43. The molecule has 2 fully saturated rings. The third kappa shape index (κ3) is 4.66. The molecule has 0 aromatic heterocycles. The molecule has 1 N–H and O–H groups in total. The van der Waals surface area contributed by atoms with E-state index in [1.54, 1.807) is 7.11 Å². The Morgan fingerprint density at radius 1 is 1.22 bits per heavy atom. The Balaban J connectivity index is 1.77. The molecule has 1 aromatic rings. The van der Waals surface area contributed by atoms with Gasteiger partial charge in [-0.1, -0.05) is 6.92 Å². The van der Waals surface area contributed by atoms with Gasteiger partial charge in [0.15, 0.2) is 11.5 Å². The lowest BCUT2D eigenvalue weighted by atomic mass is 9.63. The van der Waals surface area contributed by atoms with Crippen molar-refractivity contribution in [3.05, 3.63) is 22.8 Å². The molecule has 3 unspecified atom stereocenters. The molecule has 32 heavy (non-hydrogen) atoms. The molecule has 2 saturated carbocycles. The van der Waals surface area contributed by atoms with Crippen molar-refractivity contribution in [1.82, 2.24) is 4.90 Å². The fraction of sp³-hybridized carbons (Fsp3) is 0.692. The summed E-state index contributed by atoms with van der Waals surface area (Å²) in [4.78, 5) is 27.1. The van der Waals surface area contributed by atoms with E-state index < -0.39 is 0 Å². The van der Waals surface area contributed by atoms with Gasteiger partial charge in [-0.3, -0.25) is 14.5 Å². The van der Waals surface area contributed by atoms with Crippen LogP contribution in [0.25, 0.3) is 0 Å². The second kappa shape index (κ2) is 9.82. The van der Waals surface area contributed by atoms with E-state index in [9.17, 15) is 14.7 Å². The summed E-state index contributed by atoms with van der Waals surface area (Å²) >= 11 is 0. The summed E-state index contributed by atoms with van der Waals surface area (Å²) in [5, 5.41) is 11.1. The number of fused-ring (bicyclic) bond motifs is 3. The highest BCUT2D eigenvalue weighted by Gasteiger charge is 2.45. The summed E-state index contributed by atoms with van der Waals surface area (Å²) in [7, 11) is 2.96. The van der Waals surface area contributed by atoms with Gasteiger partial charge in [0.05, 0.1) is 14.2 Å². The number of esters is 1. The number of aryl methyl sites for hydroxylation is 1. The number of ketones is 1. The highest BCUT2D eigenvalue weighted by molar-refractivity contribution is 5.81. The molecular weight excluding hydrogens is 406 g/mol. The van der Waals surface area contributed by atoms with Crippen LogP contribution in [-0.2, 0) is 27.2 Å². The van der Waals surface area contributed by atoms with E-state index in [1.165, 1.54) is 20.0 Å². The number of phenols is 1. The first-order valence-electron chi connectivity index (χ1n) is 12.2. The zero-order valence-corrected chi connectivity index (χ0v) is 19.7. The number of methoxy groups -OCH3 is 2. The number of carbonyl (C=O) groups is 2. The Hall–Kier alpha value is -2.08. The number of carbonyl (C=O) groups excluding carboxylic acids is 2. The maximum Gasteiger partial charge on any atom is 0.305 e. The van der Waals surface area contributed by atoms with Crippen molar-refractivity contribution in [3.8, 4) is 11.5 Å². The standard InChI is InChI=1S/C26H37NO5/c1-4-11-27(15-16-5-6-16)22-14-20-17(7-10-24(29)32-3)12-23(31-2)26(30)25(20)21-13-18(28)8-9-19(21)22/h12,16,19,21-22,30H,4-11,13-15H2,1-3H3. The van der Waals surface area contributed by atoms with Gasteiger partial charge in [-0.15, -0.1) is 0 Å². The molecule has 0 heterocycles. The van der Waals surface area contributed by atoms with E-state index >= 15 is 0 Å². The molecule has 176 valence electrons. The molecule has 0 spiro atoms. The Morgan fingerprint density at radius 2 is 2.00 bits per heavy atom. The highest BCUT2D eigenvalue weighted by Crippen LogP contribution is 2.52. The molecule has 4 rings (SSSR count). The van der Waals surface area contributed by atoms with Crippen LogP contribution < -0.4 is 4.74 Å². The second-order valence-corrected chi connectivity index (χ2v) is 9.82. The van der Waals surface area contributed by atoms with Crippen LogP contribution in [0.3, 0.4) is 0 Å². The van der Waals surface area contributed by atoms with E-state index in [4.69, 9.17) is 9.47 Å². The van der Waals surface area contributed by atoms with E-state index in [0.717, 1.165) is 55.0 Å². The van der Waals surface area contributed by atoms with Crippen LogP contribution in [0, 0.1) is 11.8 Å². The molecular formula is C26H37NO5. The Morgan fingerprint density at radius 3 is 2.66 bits per heavy atom. The number of nitrogens with zero attached hydrogens (tertiary/aromatic N) is 1. The van der Waals surface area contributed by atoms with Gasteiger partial charge in [0.2, 0.25) is 0 Å². The van der Waals surface area contributed by atoms with Crippen molar-refractivity contribution < 1.29 is 24.2 Å². The van der Waals surface area contributed by atoms with Crippen LogP contribution in [0.5, 0.6) is 11.5 Å². The first-order valence-corrected chi connectivity index (χ1v) is 12.2. The van der Waals surface area contributed by atoms with Gasteiger partial charge >= 0.3 is 5.97 Å². The molecule has 0 bridgehead atoms. The van der Waals surface area contributed by atoms with Gasteiger partial charge in [0, 0.05) is 37.4 Å². The van der Waals surface area contributed by atoms with Crippen molar-refractivity contribution >= 4 is 11.8 Å². The first kappa shape index (κ1) is 23.1. The Kier molecular flexibility index (Phi) is 7.08. The fourth-order valence-electron chi connectivity index (χ4n) is 6.00. The number of aromatic hydroxyl groups is 1. The van der Waals surface area contributed by atoms with Crippen LogP contribution in [0.15, 0.2) is 6.07 Å². The van der Waals surface area contributed by atoms with Crippen molar-refractivity contribution in [2.24, 2.45) is 11.8 Å². The minimum atomic E-state index is -0.245. The molecule has 0 radical (unpaired) electrons. The third-order valence-electron chi connectivity index (χ3n) is 7.72. The quantitative estimate of drug-likeness (QED) is 0.581. The van der Waals surface area contributed by atoms with Crippen LogP contribution in [-0.4, -0.2) is 55.1 Å². The number of Topliss-reactive ketones (excluding diaryl/α,β-unsaturated/α-hetero) is 1. The predicted octanol–water partition coefficient (Wildman–Crippen LogP) is 4.01. The van der Waals surface area contributed by atoms with E-state index in [-0.39, 0.29) is 29.8 Å². The molecule has 0 saturated heterocycles. The average molecular weight is 444 g/mol. The van der Waals surface area contributed by atoms with Crippen molar-refractivity contribution in [2.45, 2.75) is 76.7 Å². The van der Waals surface area contributed by atoms with Gasteiger partial charge < -0.3 is 14.6 Å². The molecule has 3 atom stereocenters. The zero-order chi connectivity index (χ0) is 22.8. The Labute approximate surface area is 191 Å². The number of rotatable bonds is 9. The molecule has 6 heteroatoms. The number of benzene rings is 1. The third-order valence-corrected chi connectivity index (χ3v) is 7.72. The molecule has 3 aliphatic rings. The minimum Gasteiger partial charge on any atom is -0.504 e. The van der Waals surface area contributed by atoms with Crippen molar-refractivity contribution in [2.75, 3.05) is 27.3 Å². The molecule has 3 aliphatic carbocycles. The highest BCUT2D eigenvalue weighted by atomic mass is 16.5. The molecule has 1 aromatic carbocycles. The van der Waals surface area contributed by atoms with Gasteiger partial charge in [-0.25, -0.2) is 0 Å². The SMILES string of the molecule is CCCN(CC1CC1)C1Cc2c(CCC(=O)OC)cc(OC)c(O)c2C2CC(=O)CCC21. The average Bonchev–Trinajstić information content (AvgIpc) is 3.61. The normalized spacial score (nSPS) is 24.8. The summed E-state index contributed by atoms with van der Waals surface area (Å²) in [6.07, 6.45) is 7.42. The van der Waals surface area contributed by atoms with Crippen molar-refractivity contribution in [3.63, 3.8) is 0 Å². The van der Waals surface area contributed by atoms with Gasteiger partial charge in [-0.05, 0) is 80.0 Å². The predicted molar refractivity (Wildman–Crippen MR) is 122 cm³/mol. The summed E-state index contributed by atoms with van der Waals surface area (Å²) in [5.41, 5.74) is 3.04. The topological polar surface area (TPSA) is 76.1 Å². The van der Waals surface area contributed by atoms with Crippen LogP contribution in [0.2, 0.25) is 0 Å². The molecule has 0 aliphatic heterocycles. The maximum absolute atomic E-state index is 12.5. The van der Waals surface area contributed by atoms with Gasteiger partial charge in [0.1, 0.15) is 5.78 Å². The molecule has 0 amide bonds. The lowest BCUT2D eigenvalue weighted by Gasteiger charge is -2.47. The van der Waals surface area contributed by atoms with E-state index in [2.05, 4.69) is 11.8 Å². The Bertz CT molecular complexity index is 862. The van der Waals surface area contributed by atoms with Crippen LogP contribution in [0.1, 0.15) is 74.5 Å². The lowest BCUT2D eigenvalue weighted by molar-refractivity contribution is -0.140. The number of phenolic OH excluding ortho intramolecular Hbond substituents is 1. The summed E-state index contributed by atoms with van der Waals surface area (Å²) in [5.74, 6) is 1.81. The fourth-order valence-corrected chi connectivity index (χ4v) is 6.00. The smallest absolute Gasteiger partial charge is 0.305 e. The van der Waals surface area contributed by atoms with Crippen LogP contribution in [0.4, 0.5) is 0 Å². The minimum absolute atomic E-state index is 0.00976. The number of hydrogen-bond acceptors (Lipinski definition) is 6. The number of ether oxygens (including phenoxy) is 2. The van der Waals surface area contributed by atoms with Crippen LogP contribution >= 0.6 is 0 Å². The zero-order valence-electron chi connectivity index (χ0n) is 19.7. The lowest BCUT2D eigenvalue weighted by Crippen LogP contribution is -2.49. The number of hydrogen-bond donors (Lipinski definition) is 1.